The highest BCUT2D eigenvalue weighted by Gasteiger charge is 2.19. The second kappa shape index (κ2) is 7.38. The van der Waals surface area contributed by atoms with E-state index in [9.17, 15) is 0 Å². The Morgan fingerprint density at radius 1 is 0.750 bits per heavy atom. The molecule has 0 heteroatoms. The third-order valence-corrected chi connectivity index (χ3v) is 5.98. The van der Waals surface area contributed by atoms with Gasteiger partial charge in [-0.1, -0.05) is 68.3 Å². The molecule has 1 aliphatic rings. The Morgan fingerprint density at radius 3 is 2.08 bits per heavy atom. The van der Waals surface area contributed by atoms with Gasteiger partial charge in [0.25, 0.3) is 0 Å². The molecule has 2 aromatic rings. The molecule has 0 unspecified atom stereocenters. The van der Waals surface area contributed by atoms with Crippen LogP contribution in [0, 0.1) is 26.7 Å². The predicted molar refractivity (Wildman–Crippen MR) is 106 cm³/mol. The number of hydrogen-bond donors (Lipinski definition) is 0. The first-order valence-corrected chi connectivity index (χ1v) is 9.39. The van der Waals surface area contributed by atoms with Gasteiger partial charge in [0.05, 0.1) is 0 Å². The molecule has 0 aliphatic heterocycles. The van der Waals surface area contributed by atoms with Crippen molar-refractivity contribution in [2.75, 3.05) is 0 Å². The van der Waals surface area contributed by atoms with Gasteiger partial charge in [-0.3, -0.25) is 0 Å². The summed E-state index contributed by atoms with van der Waals surface area (Å²) in [7, 11) is 0. The fraction of sp³-hybridized carbons (Fsp3) is 0.417. The second-order valence-electron chi connectivity index (χ2n) is 7.68. The summed E-state index contributed by atoms with van der Waals surface area (Å²) in [5.41, 5.74) is 8.31. The highest BCUT2D eigenvalue weighted by Crippen LogP contribution is 2.35. The van der Waals surface area contributed by atoms with E-state index in [0.29, 0.717) is 0 Å². The van der Waals surface area contributed by atoms with Crippen LogP contribution in [0.4, 0.5) is 0 Å². The first-order valence-electron chi connectivity index (χ1n) is 9.39. The van der Waals surface area contributed by atoms with E-state index in [2.05, 4.69) is 76.2 Å². The zero-order valence-corrected chi connectivity index (χ0v) is 15.6. The quantitative estimate of drug-likeness (QED) is 0.531. The molecule has 126 valence electrons. The van der Waals surface area contributed by atoms with Crippen LogP contribution in [0.5, 0.6) is 0 Å². The monoisotopic (exact) mass is 318 g/mol. The van der Waals surface area contributed by atoms with Gasteiger partial charge in [-0.2, -0.15) is 0 Å². The Bertz CT molecular complexity index is 710. The lowest BCUT2D eigenvalue weighted by molar-refractivity contribution is 0.348. The van der Waals surface area contributed by atoms with Crippen LogP contribution in [-0.2, 0) is 0 Å². The first kappa shape index (κ1) is 17.0. The maximum absolute atomic E-state index is 2.39. The topological polar surface area (TPSA) is 0 Å². The number of aryl methyl sites for hydroxylation is 1. The van der Waals surface area contributed by atoms with Crippen LogP contribution in [-0.4, -0.2) is 0 Å². The zero-order chi connectivity index (χ0) is 17.1. The van der Waals surface area contributed by atoms with Crippen LogP contribution < -0.4 is 0 Å². The van der Waals surface area contributed by atoms with Crippen LogP contribution in [0.3, 0.4) is 0 Å². The Balaban J connectivity index is 1.71. The van der Waals surface area contributed by atoms with Crippen molar-refractivity contribution in [3.05, 3.63) is 69.8 Å². The van der Waals surface area contributed by atoms with Crippen molar-refractivity contribution in [3.63, 3.8) is 0 Å². The Hall–Kier alpha value is -1.82. The van der Waals surface area contributed by atoms with Crippen molar-refractivity contribution in [1.82, 2.24) is 0 Å². The molecule has 0 spiro atoms. The molecule has 0 nitrogen and oxygen atoms in total. The average molecular weight is 319 g/mol. The Kier molecular flexibility index (Phi) is 5.23. The van der Waals surface area contributed by atoms with Gasteiger partial charge in [-0.15, -0.1) is 0 Å². The van der Waals surface area contributed by atoms with E-state index in [4.69, 9.17) is 0 Å². The van der Waals surface area contributed by atoms with Gasteiger partial charge < -0.3 is 0 Å². The summed E-state index contributed by atoms with van der Waals surface area (Å²) in [6.07, 6.45) is 9.98. The largest absolute Gasteiger partial charge is 0.0625 e. The van der Waals surface area contributed by atoms with Gasteiger partial charge >= 0.3 is 0 Å². The lowest BCUT2D eigenvalue weighted by atomic mass is 9.79. The zero-order valence-electron chi connectivity index (χ0n) is 15.6. The van der Waals surface area contributed by atoms with Gasteiger partial charge in [-0.05, 0) is 78.8 Å². The lowest BCUT2D eigenvalue weighted by Crippen LogP contribution is -2.10. The molecule has 1 saturated carbocycles. The summed E-state index contributed by atoms with van der Waals surface area (Å²) in [6, 6.07) is 13.7. The third-order valence-electron chi connectivity index (χ3n) is 5.98. The summed E-state index contributed by atoms with van der Waals surface area (Å²) < 4.78 is 0. The van der Waals surface area contributed by atoms with E-state index in [0.717, 1.165) is 11.8 Å². The van der Waals surface area contributed by atoms with Crippen molar-refractivity contribution in [2.24, 2.45) is 5.92 Å². The second-order valence-corrected chi connectivity index (χ2v) is 7.68. The number of hydrogen-bond acceptors (Lipinski definition) is 0. The summed E-state index contributed by atoms with van der Waals surface area (Å²) in [5, 5.41) is 0. The van der Waals surface area contributed by atoms with Crippen LogP contribution >= 0.6 is 0 Å². The van der Waals surface area contributed by atoms with Crippen LogP contribution in [0.15, 0.2) is 36.4 Å². The molecule has 3 rings (SSSR count). The number of rotatable bonds is 3. The molecule has 1 aliphatic carbocycles. The molecule has 24 heavy (non-hydrogen) atoms. The van der Waals surface area contributed by atoms with Crippen LogP contribution in [0.25, 0.3) is 12.2 Å². The molecule has 1 fully saturated rings. The minimum Gasteiger partial charge on any atom is -0.0625 e. The van der Waals surface area contributed by atoms with Gasteiger partial charge in [-0.25, -0.2) is 0 Å². The van der Waals surface area contributed by atoms with E-state index in [-0.39, 0.29) is 0 Å². The molecular formula is C24H30. The van der Waals surface area contributed by atoms with E-state index < -0.39 is 0 Å². The van der Waals surface area contributed by atoms with E-state index in [1.165, 1.54) is 59.1 Å². The van der Waals surface area contributed by atoms with Gasteiger partial charge in [0.1, 0.15) is 0 Å². The predicted octanol–water partition coefficient (Wildman–Crippen LogP) is 7.08. The highest BCUT2D eigenvalue weighted by atomic mass is 14.2. The normalized spacial score (nSPS) is 21.3. The third kappa shape index (κ3) is 3.80. The fourth-order valence-electron chi connectivity index (χ4n) is 3.82. The van der Waals surface area contributed by atoms with Gasteiger partial charge in [0.2, 0.25) is 0 Å². The maximum Gasteiger partial charge on any atom is -0.0162 e. The average Bonchev–Trinajstić information content (AvgIpc) is 2.60. The maximum atomic E-state index is 2.39. The Labute approximate surface area is 147 Å². The molecule has 0 heterocycles. The fourth-order valence-corrected chi connectivity index (χ4v) is 3.82. The molecule has 0 bridgehead atoms. The smallest absolute Gasteiger partial charge is 0.0162 e. The van der Waals surface area contributed by atoms with Gasteiger partial charge in [0.15, 0.2) is 0 Å². The van der Waals surface area contributed by atoms with Crippen molar-refractivity contribution >= 4 is 12.2 Å². The van der Waals surface area contributed by atoms with Crippen LogP contribution in [0.2, 0.25) is 0 Å². The molecule has 0 radical (unpaired) electrons. The lowest BCUT2D eigenvalue weighted by Gasteiger charge is -2.26. The summed E-state index contributed by atoms with van der Waals surface area (Å²) >= 11 is 0. The molecule has 0 N–H and O–H groups in total. The summed E-state index contributed by atoms with van der Waals surface area (Å²) in [6.45, 7) is 9.00. The molecule has 2 aromatic carbocycles. The SMILES string of the molecule is Cc1ccc(/C=C/c2ccc(C3CCC(C)CC3)cc2)c(C)c1C. The molecule has 0 amide bonds. The van der Waals surface area contributed by atoms with E-state index in [1.807, 2.05) is 0 Å². The minimum absolute atomic E-state index is 0.779. The van der Waals surface area contributed by atoms with E-state index in [1.54, 1.807) is 0 Å². The van der Waals surface area contributed by atoms with Crippen molar-refractivity contribution in [1.29, 1.82) is 0 Å². The van der Waals surface area contributed by atoms with Gasteiger partial charge in [0, 0.05) is 0 Å². The number of benzene rings is 2. The molecule has 0 saturated heterocycles. The van der Waals surface area contributed by atoms with Crippen molar-refractivity contribution in [3.8, 4) is 0 Å². The first-order chi connectivity index (χ1) is 11.5. The molecular weight excluding hydrogens is 288 g/mol. The molecule has 0 atom stereocenters. The highest BCUT2D eigenvalue weighted by molar-refractivity contribution is 5.72. The van der Waals surface area contributed by atoms with E-state index >= 15 is 0 Å². The summed E-state index contributed by atoms with van der Waals surface area (Å²) in [5.74, 6) is 1.70. The Morgan fingerprint density at radius 2 is 1.42 bits per heavy atom. The van der Waals surface area contributed by atoms with Crippen LogP contribution in [0.1, 0.15) is 71.9 Å². The summed E-state index contributed by atoms with van der Waals surface area (Å²) in [4.78, 5) is 0. The van der Waals surface area contributed by atoms with Crippen molar-refractivity contribution < 1.29 is 0 Å². The van der Waals surface area contributed by atoms with Crippen molar-refractivity contribution in [2.45, 2.75) is 59.3 Å². The minimum atomic E-state index is 0.779. The standard InChI is InChI=1S/C24H30/c1-17-5-11-23(12-6-17)24-15-9-21(10-16-24)8-14-22-13-7-18(2)19(3)20(22)4/h7-10,13-17,23H,5-6,11-12H2,1-4H3/b14-8+. The molecule has 0 aromatic heterocycles.